The van der Waals surface area contributed by atoms with Gasteiger partial charge in [-0.1, -0.05) is 24.4 Å². The Bertz CT molecular complexity index is 540. The van der Waals surface area contributed by atoms with Gasteiger partial charge in [-0.2, -0.15) is 0 Å². The molecule has 21 heavy (non-hydrogen) atoms. The number of rotatable bonds is 3. The zero-order valence-corrected chi connectivity index (χ0v) is 12.7. The summed E-state index contributed by atoms with van der Waals surface area (Å²) in [5.74, 6) is -0.439. The van der Waals surface area contributed by atoms with Gasteiger partial charge in [-0.05, 0) is 43.9 Å². The molecule has 2 aliphatic rings. The van der Waals surface area contributed by atoms with E-state index in [1.165, 1.54) is 18.9 Å². The van der Waals surface area contributed by atoms with Crippen LogP contribution in [-0.4, -0.2) is 24.3 Å². The minimum Gasteiger partial charge on any atom is -0.459 e. The molecule has 1 spiro atoms. The zero-order chi connectivity index (χ0) is 14.9. The molecule has 5 heteroatoms. The van der Waals surface area contributed by atoms with E-state index >= 15 is 0 Å². The Kier molecular flexibility index (Phi) is 4.09. The van der Waals surface area contributed by atoms with Crippen LogP contribution in [0.25, 0.3) is 0 Å². The fourth-order valence-electron chi connectivity index (χ4n) is 3.35. The van der Waals surface area contributed by atoms with E-state index in [0.717, 1.165) is 25.7 Å². The van der Waals surface area contributed by atoms with Crippen molar-refractivity contribution in [3.05, 3.63) is 28.8 Å². The van der Waals surface area contributed by atoms with Crippen LogP contribution in [-0.2, 0) is 9.47 Å². The summed E-state index contributed by atoms with van der Waals surface area (Å²) in [7, 11) is 0. The van der Waals surface area contributed by atoms with Crippen molar-refractivity contribution < 1.29 is 14.3 Å². The third-order valence-corrected chi connectivity index (χ3v) is 4.72. The minimum absolute atomic E-state index is 0.00691. The molecule has 1 saturated carbocycles. The number of benzene rings is 1. The van der Waals surface area contributed by atoms with Crippen molar-refractivity contribution in [3.8, 4) is 0 Å². The summed E-state index contributed by atoms with van der Waals surface area (Å²) < 4.78 is 11.5. The Morgan fingerprint density at radius 3 is 2.90 bits per heavy atom. The second-order valence-corrected chi connectivity index (χ2v) is 6.44. The van der Waals surface area contributed by atoms with Crippen LogP contribution >= 0.6 is 11.6 Å². The molecule has 1 atom stereocenters. The molecule has 3 rings (SSSR count). The van der Waals surface area contributed by atoms with E-state index in [0.29, 0.717) is 16.3 Å². The van der Waals surface area contributed by atoms with Crippen LogP contribution in [0, 0.1) is 0 Å². The largest absolute Gasteiger partial charge is 0.459 e. The number of hydrogen-bond donors (Lipinski definition) is 1. The van der Waals surface area contributed by atoms with Crippen LogP contribution in [0.1, 0.15) is 48.9 Å². The van der Waals surface area contributed by atoms with Gasteiger partial charge in [0.05, 0.1) is 17.3 Å². The standard InChI is InChI=1S/C16H20ClNO3/c17-11-3-4-14(18)13(9-11)15(19)20-10-12-5-8-16(21-12)6-1-2-7-16/h3-4,9,12H,1-2,5-8,10,18H2. The summed E-state index contributed by atoms with van der Waals surface area (Å²) >= 11 is 5.88. The van der Waals surface area contributed by atoms with Crippen LogP contribution in [0.4, 0.5) is 5.69 Å². The highest BCUT2D eigenvalue weighted by Gasteiger charge is 2.42. The Hall–Kier alpha value is -1.26. The van der Waals surface area contributed by atoms with Crippen molar-refractivity contribution in [2.24, 2.45) is 0 Å². The molecule has 1 unspecified atom stereocenters. The van der Waals surface area contributed by atoms with E-state index in [1.54, 1.807) is 12.1 Å². The molecule has 0 aromatic heterocycles. The second-order valence-electron chi connectivity index (χ2n) is 6.00. The van der Waals surface area contributed by atoms with Crippen LogP contribution < -0.4 is 5.73 Å². The summed E-state index contributed by atoms with van der Waals surface area (Å²) in [6.07, 6.45) is 6.80. The summed E-state index contributed by atoms with van der Waals surface area (Å²) in [5.41, 5.74) is 6.53. The van der Waals surface area contributed by atoms with Crippen molar-refractivity contribution in [2.45, 2.75) is 50.2 Å². The summed E-state index contributed by atoms with van der Waals surface area (Å²) in [4.78, 5) is 12.1. The fourth-order valence-corrected chi connectivity index (χ4v) is 3.52. The Morgan fingerprint density at radius 1 is 1.38 bits per heavy atom. The monoisotopic (exact) mass is 309 g/mol. The Morgan fingerprint density at radius 2 is 2.14 bits per heavy atom. The van der Waals surface area contributed by atoms with Gasteiger partial charge in [0.2, 0.25) is 0 Å². The first-order chi connectivity index (χ1) is 10.1. The first kappa shape index (κ1) is 14.7. The van der Waals surface area contributed by atoms with Crippen molar-refractivity contribution >= 4 is 23.3 Å². The average molecular weight is 310 g/mol. The number of ether oxygens (including phenoxy) is 2. The van der Waals surface area contributed by atoms with Crippen molar-refractivity contribution in [1.29, 1.82) is 0 Å². The SMILES string of the molecule is Nc1ccc(Cl)cc1C(=O)OCC1CCC2(CCCC2)O1. The average Bonchev–Trinajstić information content (AvgIpc) is 3.09. The third-order valence-electron chi connectivity index (χ3n) is 4.49. The molecule has 2 N–H and O–H groups in total. The number of carbonyl (C=O) groups excluding carboxylic acids is 1. The van der Waals surface area contributed by atoms with E-state index in [1.807, 2.05) is 0 Å². The lowest BCUT2D eigenvalue weighted by molar-refractivity contribution is -0.0597. The van der Waals surface area contributed by atoms with Crippen LogP contribution in [0.2, 0.25) is 5.02 Å². The fraction of sp³-hybridized carbons (Fsp3) is 0.562. The quantitative estimate of drug-likeness (QED) is 0.685. The van der Waals surface area contributed by atoms with E-state index in [4.69, 9.17) is 26.8 Å². The molecule has 1 aliphatic heterocycles. The molecular weight excluding hydrogens is 290 g/mol. The minimum atomic E-state index is -0.439. The summed E-state index contributed by atoms with van der Waals surface area (Å²) in [6, 6.07) is 4.79. The molecular formula is C16H20ClNO3. The number of nitrogen functional groups attached to an aromatic ring is 1. The number of carbonyl (C=O) groups is 1. The smallest absolute Gasteiger partial charge is 0.340 e. The number of halogens is 1. The summed E-state index contributed by atoms with van der Waals surface area (Å²) in [5, 5.41) is 0.471. The van der Waals surface area contributed by atoms with Crippen molar-refractivity contribution in [1.82, 2.24) is 0 Å². The number of hydrogen-bond acceptors (Lipinski definition) is 4. The topological polar surface area (TPSA) is 61.6 Å². The van der Waals surface area contributed by atoms with Gasteiger partial charge in [0, 0.05) is 10.7 Å². The molecule has 0 amide bonds. The maximum atomic E-state index is 12.1. The lowest BCUT2D eigenvalue weighted by Crippen LogP contribution is -2.27. The maximum absolute atomic E-state index is 12.1. The Balaban J connectivity index is 1.56. The molecule has 0 radical (unpaired) electrons. The molecule has 114 valence electrons. The maximum Gasteiger partial charge on any atom is 0.340 e. The van der Waals surface area contributed by atoms with Gasteiger partial charge >= 0.3 is 5.97 Å². The highest BCUT2D eigenvalue weighted by molar-refractivity contribution is 6.31. The van der Waals surface area contributed by atoms with Crippen molar-refractivity contribution in [3.63, 3.8) is 0 Å². The zero-order valence-electron chi connectivity index (χ0n) is 11.9. The van der Waals surface area contributed by atoms with Gasteiger partial charge in [-0.3, -0.25) is 0 Å². The highest BCUT2D eigenvalue weighted by atomic mass is 35.5. The molecule has 4 nitrogen and oxygen atoms in total. The van der Waals surface area contributed by atoms with E-state index < -0.39 is 5.97 Å². The lowest BCUT2D eigenvalue weighted by Gasteiger charge is -2.23. The predicted molar refractivity (Wildman–Crippen MR) is 81.5 cm³/mol. The molecule has 1 aromatic rings. The van der Waals surface area contributed by atoms with Crippen LogP contribution in [0.15, 0.2) is 18.2 Å². The van der Waals surface area contributed by atoms with Gasteiger partial charge in [-0.15, -0.1) is 0 Å². The van der Waals surface area contributed by atoms with Gasteiger partial charge in [0.25, 0.3) is 0 Å². The van der Waals surface area contributed by atoms with E-state index in [-0.39, 0.29) is 18.3 Å². The Labute approximate surface area is 129 Å². The number of nitrogens with two attached hydrogens (primary N) is 1. The molecule has 0 bridgehead atoms. The van der Waals surface area contributed by atoms with Gasteiger partial charge in [0.15, 0.2) is 0 Å². The molecule has 1 aromatic carbocycles. The lowest BCUT2D eigenvalue weighted by atomic mass is 9.98. The normalized spacial score (nSPS) is 23.6. The molecule has 1 aliphatic carbocycles. The van der Waals surface area contributed by atoms with E-state index in [2.05, 4.69) is 0 Å². The number of anilines is 1. The molecule has 1 heterocycles. The van der Waals surface area contributed by atoms with Gasteiger partial charge < -0.3 is 15.2 Å². The van der Waals surface area contributed by atoms with Gasteiger partial charge in [-0.25, -0.2) is 4.79 Å². The molecule has 2 fully saturated rings. The molecule has 1 saturated heterocycles. The highest BCUT2D eigenvalue weighted by Crippen LogP contribution is 2.43. The summed E-state index contributed by atoms with van der Waals surface area (Å²) in [6.45, 7) is 0.284. The first-order valence-corrected chi connectivity index (χ1v) is 7.86. The first-order valence-electron chi connectivity index (χ1n) is 7.48. The van der Waals surface area contributed by atoms with Crippen molar-refractivity contribution in [2.75, 3.05) is 12.3 Å². The predicted octanol–water partition coefficient (Wildman–Crippen LogP) is 3.57. The van der Waals surface area contributed by atoms with E-state index in [9.17, 15) is 4.79 Å². The van der Waals surface area contributed by atoms with Gasteiger partial charge in [0.1, 0.15) is 6.61 Å². The van der Waals surface area contributed by atoms with Crippen LogP contribution in [0.3, 0.4) is 0 Å². The number of esters is 1. The third kappa shape index (κ3) is 3.16. The second kappa shape index (κ2) is 5.85. The van der Waals surface area contributed by atoms with Crippen LogP contribution in [0.5, 0.6) is 0 Å².